The number of benzene rings is 2. The van der Waals surface area contributed by atoms with Gasteiger partial charge < -0.3 is 24.7 Å². The van der Waals surface area contributed by atoms with Gasteiger partial charge in [0.1, 0.15) is 0 Å². The van der Waals surface area contributed by atoms with Gasteiger partial charge >= 0.3 is 5.97 Å². The van der Waals surface area contributed by atoms with Crippen molar-refractivity contribution < 1.29 is 34.3 Å². The van der Waals surface area contributed by atoms with Crippen LogP contribution in [0.5, 0.6) is 0 Å². The summed E-state index contributed by atoms with van der Waals surface area (Å²) in [4.78, 5) is 52.1. The van der Waals surface area contributed by atoms with Crippen LogP contribution in [0.1, 0.15) is 49.3 Å². The van der Waals surface area contributed by atoms with Crippen LogP contribution in [-0.4, -0.2) is 64.1 Å². The van der Waals surface area contributed by atoms with Gasteiger partial charge in [0.2, 0.25) is 5.91 Å². The van der Waals surface area contributed by atoms with Gasteiger partial charge in [-0.25, -0.2) is 0 Å². The number of anilines is 1. The molecule has 0 fully saturated rings. The number of unbranched alkanes of at least 4 members (excludes halogenated alkanes) is 1. The van der Waals surface area contributed by atoms with E-state index in [0.29, 0.717) is 31.5 Å². The number of amides is 2. The van der Waals surface area contributed by atoms with Gasteiger partial charge in [-0.2, -0.15) is 0 Å². The first-order chi connectivity index (χ1) is 19.6. The van der Waals surface area contributed by atoms with Crippen molar-refractivity contribution in [3.05, 3.63) is 81.4 Å². The molecule has 2 heterocycles. The Kier molecular flexibility index (Phi) is 9.19. The van der Waals surface area contributed by atoms with Gasteiger partial charge in [0, 0.05) is 49.5 Å². The Morgan fingerprint density at radius 1 is 1.22 bits per heavy atom. The van der Waals surface area contributed by atoms with Crippen molar-refractivity contribution in [1.82, 2.24) is 4.90 Å². The Morgan fingerprint density at radius 3 is 2.63 bits per heavy atom. The number of fused-ring (bicyclic) bond motifs is 2. The van der Waals surface area contributed by atoms with E-state index in [-0.39, 0.29) is 55.2 Å². The Hall–Kier alpha value is -4.09. The van der Waals surface area contributed by atoms with Gasteiger partial charge in [-0.05, 0) is 36.5 Å². The molecule has 2 aliphatic rings. The lowest BCUT2D eigenvalue weighted by molar-refractivity contribution is -0.385. The van der Waals surface area contributed by atoms with Crippen LogP contribution in [-0.2, 0) is 37.7 Å². The van der Waals surface area contributed by atoms with E-state index in [0.717, 1.165) is 11.1 Å². The van der Waals surface area contributed by atoms with Crippen molar-refractivity contribution in [3.8, 4) is 0 Å². The first-order valence-electron chi connectivity index (χ1n) is 13.7. The summed E-state index contributed by atoms with van der Waals surface area (Å²) in [6, 6.07) is 11.4. The van der Waals surface area contributed by atoms with E-state index in [4.69, 9.17) is 0 Å². The monoisotopic (exact) mass is 565 g/mol. The second kappa shape index (κ2) is 12.6. The standard InChI is InChI=1S/C30H35N3O8/c1-20(8-7-11-27(35)32-18-22-10-4-3-9-21(22)16-24(32)19-34)30(38)25-17-23(33(39)40)13-14-26(25)31(29(30)37)15-6-5-12-28(36)41-2/h3-4,7-10,13-14,17,20,24,34,38H,5-6,11-12,15-16,18-19H2,1-2H3/b8-7+/t20-,24+,30+/m1/s1. The largest absolute Gasteiger partial charge is 0.469 e. The molecule has 0 unspecified atom stereocenters. The number of ether oxygens (including phenoxy) is 1. The molecule has 41 heavy (non-hydrogen) atoms. The maximum absolute atomic E-state index is 13.6. The number of carbonyl (C=O) groups is 3. The summed E-state index contributed by atoms with van der Waals surface area (Å²) in [5.74, 6) is -2.01. The van der Waals surface area contributed by atoms with Crippen molar-refractivity contribution in [2.45, 2.75) is 57.2 Å². The minimum Gasteiger partial charge on any atom is -0.469 e. The van der Waals surface area contributed by atoms with E-state index in [1.54, 1.807) is 24.0 Å². The highest BCUT2D eigenvalue weighted by Crippen LogP contribution is 2.46. The van der Waals surface area contributed by atoms with Crippen LogP contribution < -0.4 is 4.90 Å². The molecular weight excluding hydrogens is 530 g/mol. The first-order valence-corrected chi connectivity index (χ1v) is 13.7. The number of nitro groups is 1. The fourth-order valence-electron chi connectivity index (χ4n) is 5.58. The van der Waals surface area contributed by atoms with Crippen LogP contribution in [0, 0.1) is 16.0 Å². The molecule has 0 spiro atoms. The van der Waals surface area contributed by atoms with E-state index in [1.165, 1.54) is 30.2 Å². The number of carbonyl (C=O) groups excluding carboxylic acids is 3. The van der Waals surface area contributed by atoms with Crippen LogP contribution in [0.2, 0.25) is 0 Å². The average Bonchev–Trinajstić information content (AvgIpc) is 3.20. The molecule has 2 aliphatic heterocycles. The third kappa shape index (κ3) is 6.01. The number of rotatable bonds is 11. The van der Waals surface area contributed by atoms with Crippen LogP contribution in [0.15, 0.2) is 54.6 Å². The smallest absolute Gasteiger partial charge is 0.305 e. The lowest BCUT2D eigenvalue weighted by Gasteiger charge is -2.36. The highest BCUT2D eigenvalue weighted by Gasteiger charge is 2.53. The fraction of sp³-hybridized carbons (Fsp3) is 0.433. The molecule has 11 nitrogen and oxygen atoms in total. The number of hydrogen-bond donors (Lipinski definition) is 2. The molecule has 0 aliphatic carbocycles. The predicted molar refractivity (Wildman–Crippen MR) is 150 cm³/mol. The van der Waals surface area contributed by atoms with Crippen molar-refractivity contribution in [2.75, 3.05) is 25.2 Å². The fourth-order valence-corrected chi connectivity index (χ4v) is 5.58. The summed E-state index contributed by atoms with van der Waals surface area (Å²) in [6.07, 6.45) is 4.81. The molecule has 0 saturated heterocycles. The number of nitrogens with zero attached hydrogens (tertiary/aromatic N) is 3. The number of aliphatic hydroxyl groups excluding tert-OH is 1. The van der Waals surface area contributed by atoms with E-state index in [1.807, 2.05) is 24.3 Å². The molecule has 3 atom stereocenters. The lowest BCUT2D eigenvalue weighted by atomic mass is 9.82. The second-order valence-corrected chi connectivity index (χ2v) is 10.5. The molecular formula is C30H35N3O8. The molecule has 2 aromatic carbocycles. The summed E-state index contributed by atoms with van der Waals surface area (Å²) in [7, 11) is 1.30. The van der Waals surface area contributed by atoms with Gasteiger partial charge in [0.25, 0.3) is 11.6 Å². The number of esters is 1. The van der Waals surface area contributed by atoms with Crippen molar-refractivity contribution in [2.24, 2.45) is 5.92 Å². The van der Waals surface area contributed by atoms with Crippen LogP contribution >= 0.6 is 0 Å². The summed E-state index contributed by atoms with van der Waals surface area (Å²) < 4.78 is 4.65. The summed E-state index contributed by atoms with van der Waals surface area (Å²) in [5, 5.41) is 33.2. The highest BCUT2D eigenvalue weighted by atomic mass is 16.6. The van der Waals surface area contributed by atoms with E-state index >= 15 is 0 Å². The molecule has 11 heteroatoms. The van der Waals surface area contributed by atoms with Crippen LogP contribution in [0.3, 0.4) is 0 Å². The molecule has 0 bridgehead atoms. The molecule has 2 amide bonds. The van der Waals surface area contributed by atoms with Gasteiger partial charge in [-0.1, -0.05) is 43.3 Å². The normalized spacial score (nSPS) is 20.6. The van der Waals surface area contributed by atoms with Gasteiger partial charge in [-0.3, -0.25) is 24.5 Å². The molecule has 218 valence electrons. The average molecular weight is 566 g/mol. The van der Waals surface area contributed by atoms with Crippen molar-refractivity contribution in [3.63, 3.8) is 0 Å². The molecule has 4 rings (SSSR count). The van der Waals surface area contributed by atoms with Crippen LogP contribution in [0.25, 0.3) is 0 Å². The lowest BCUT2D eigenvalue weighted by Crippen LogP contribution is -2.46. The Balaban J connectivity index is 1.51. The highest BCUT2D eigenvalue weighted by molar-refractivity contribution is 6.07. The summed E-state index contributed by atoms with van der Waals surface area (Å²) >= 11 is 0. The zero-order valence-corrected chi connectivity index (χ0v) is 23.2. The SMILES string of the molecule is COC(=O)CCCCN1C(=O)[C@](O)([C@H](C)/C=C/CC(=O)N2Cc3ccccc3C[C@H]2CO)c2cc([N+](=O)[O-])ccc21. The second-order valence-electron chi connectivity index (χ2n) is 10.5. The quantitative estimate of drug-likeness (QED) is 0.139. The molecule has 0 radical (unpaired) electrons. The molecule has 2 aromatic rings. The third-order valence-corrected chi connectivity index (χ3v) is 7.97. The third-order valence-electron chi connectivity index (χ3n) is 7.97. The molecule has 0 aromatic heterocycles. The first kappa shape index (κ1) is 29.9. The molecule has 0 saturated carbocycles. The van der Waals surface area contributed by atoms with Crippen molar-refractivity contribution in [1.29, 1.82) is 0 Å². The Morgan fingerprint density at radius 2 is 1.95 bits per heavy atom. The van der Waals surface area contributed by atoms with E-state index in [2.05, 4.69) is 4.74 Å². The zero-order valence-electron chi connectivity index (χ0n) is 23.2. The number of non-ortho nitro benzene ring substituents is 1. The van der Waals surface area contributed by atoms with Crippen LogP contribution in [0.4, 0.5) is 11.4 Å². The van der Waals surface area contributed by atoms with E-state index < -0.39 is 22.3 Å². The minimum atomic E-state index is -2.08. The zero-order chi connectivity index (χ0) is 29.7. The predicted octanol–water partition coefficient (Wildman–Crippen LogP) is 3.00. The Bertz CT molecular complexity index is 1360. The number of methoxy groups -OCH3 is 1. The maximum Gasteiger partial charge on any atom is 0.305 e. The summed E-state index contributed by atoms with van der Waals surface area (Å²) in [6.45, 7) is 2.04. The van der Waals surface area contributed by atoms with Crippen molar-refractivity contribution >= 4 is 29.2 Å². The molecule has 2 N–H and O–H groups in total. The maximum atomic E-state index is 13.6. The minimum absolute atomic E-state index is 0.00762. The number of hydrogen-bond acceptors (Lipinski definition) is 8. The van der Waals surface area contributed by atoms with Gasteiger partial charge in [0.15, 0.2) is 5.60 Å². The Labute approximate surface area is 238 Å². The van der Waals surface area contributed by atoms with Gasteiger partial charge in [-0.15, -0.1) is 0 Å². The van der Waals surface area contributed by atoms with E-state index in [9.17, 15) is 34.7 Å². The van der Waals surface area contributed by atoms with Gasteiger partial charge in [0.05, 0.1) is 30.4 Å². The number of aliphatic hydroxyl groups is 2. The topological polar surface area (TPSA) is 151 Å². The number of nitro benzene ring substituents is 1. The summed E-state index contributed by atoms with van der Waals surface area (Å²) in [5.41, 5.74) is 0.287.